The standard InChI is InChI=1S/C16H20N2O/c1-16(2,3)10-19-14-12-7-5-4-6-11(12)8-9-13(14)15(17)18/h4-9H,10H2,1-3H3,(H3,17,18). The average molecular weight is 256 g/mol. The zero-order valence-corrected chi connectivity index (χ0v) is 11.7. The predicted molar refractivity (Wildman–Crippen MR) is 79.9 cm³/mol. The monoisotopic (exact) mass is 256 g/mol. The van der Waals surface area contributed by atoms with E-state index in [4.69, 9.17) is 15.9 Å². The van der Waals surface area contributed by atoms with Crippen LogP contribution in [0, 0.1) is 10.8 Å². The van der Waals surface area contributed by atoms with Crippen molar-refractivity contribution in [1.29, 1.82) is 5.41 Å². The smallest absolute Gasteiger partial charge is 0.138 e. The zero-order valence-electron chi connectivity index (χ0n) is 11.7. The molecule has 19 heavy (non-hydrogen) atoms. The van der Waals surface area contributed by atoms with E-state index in [1.54, 1.807) is 0 Å². The number of benzene rings is 2. The van der Waals surface area contributed by atoms with Crippen LogP contribution in [-0.4, -0.2) is 12.4 Å². The van der Waals surface area contributed by atoms with Crippen LogP contribution in [0.1, 0.15) is 26.3 Å². The summed E-state index contributed by atoms with van der Waals surface area (Å²) in [6.07, 6.45) is 0. The molecule has 2 aromatic rings. The third kappa shape index (κ3) is 3.05. The molecule has 3 heteroatoms. The summed E-state index contributed by atoms with van der Waals surface area (Å²) in [7, 11) is 0. The van der Waals surface area contributed by atoms with Gasteiger partial charge in [-0.25, -0.2) is 0 Å². The highest BCUT2D eigenvalue weighted by Gasteiger charge is 2.16. The maximum Gasteiger partial charge on any atom is 0.138 e. The first-order valence-electron chi connectivity index (χ1n) is 6.37. The molecular weight excluding hydrogens is 236 g/mol. The second kappa shape index (κ2) is 4.92. The Morgan fingerprint density at radius 3 is 2.47 bits per heavy atom. The highest BCUT2D eigenvalue weighted by Crippen LogP contribution is 2.31. The van der Waals surface area contributed by atoms with Crippen LogP contribution in [0.2, 0.25) is 0 Å². The van der Waals surface area contributed by atoms with Crippen molar-refractivity contribution < 1.29 is 4.74 Å². The molecule has 2 aromatic carbocycles. The number of fused-ring (bicyclic) bond motifs is 1. The maximum absolute atomic E-state index is 7.68. The molecule has 0 radical (unpaired) electrons. The molecule has 3 nitrogen and oxygen atoms in total. The first-order chi connectivity index (χ1) is 8.88. The lowest BCUT2D eigenvalue weighted by Gasteiger charge is -2.21. The molecule has 0 amide bonds. The van der Waals surface area contributed by atoms with Gasteiger partial charge in [0, 0.05) is 5.39 Å². The summed E-state index contributed by atoms with van der Waals surface area (Å²) in [5.74, 6) is 0.746. The van der Waals surface area contributed by atoms with E-state index in [1.807, 2.05) is 36.4 Å². The highest BCUT2D eigenvalue weighted by molar-refractivity contribution is 6.04. The van der Waals surface area contributed by atoms with Crippen LogP contribution in [0.25, 0.3) is 10.8 Å². The van der Waals surface area contributed by atoms with Gasteiger partial charge in [0.1, 0.15) is 11.6 Å². The molecular formula is C16H20N2O. The van der Waals surface area contributed by atoms with Gasteiger partial charge in [0.25, 0.3) is 0 Å². The van der Waals surface area contributed by atoms with Crippen molar-refractivity contribution in [2.24, 2.45) is 11.1 Å². The molecule has 100 valence electrons. The van der Waals surface area contributed by atoms with Crippen LogP contribution < -0.4 is 10.5 Å². The van der Waals surface area contributed by atoms with Crippen LogP contribution in [0.5, 0.6) is 5.75 Å². The minimum Gasteiger partial charge on any atom is -0.492 e. The molecule has 2 rings (SSSR count). The van der Waals surface area contributed by atoms with Gasteiger partial charge in [0.15, 0.2) is 0 Å². The van der Waals surface area contributed by atoms with Crippen LogP contribution in [0.15, 0.2) is 36.4 Å². The summed E-state index contributed by atoms with van der Waals surface area (Å²) in [6.45, 7) is 6.93. The molecule has 0 heterocycles. The topological polar surface area (TPSA) is 59.1 Å². The van der Waals surface area contributed by atoms with E-state index in [0.29, 0.717) is 17.9 Å². The number of hydrogen-bond acceptors (Lipinski definition) is 2. The molecule has 0 aliphatic rings. The SMILES string of the molecule is CC(C)(C)COc1c(C(=N)N)ccc2ccccc12. The van der Waals surface area contributed by atoms with E-state index < -0.39 is 0 Å². The van der Waals surface area contributed by atoms with E-state index in [1.165, 1.54) is 0 Å². The number of nitrogens with one attached hydrogen (secondary N) is 1. The number of amidine groups is 1. The Morgan fingerprint density at radius 2 is 1.84 bits per heavy atom. The van der Waals surface area contributed by atoms with Gasteiger partial charge >= 0.3 is 0 Å². The number of nitrogen functional groups attached to an aromatic ring is 1. The molecule has 0 aliphatic heterocycles. The first kappa shape index (κ1) is 13.4. The Bertz CT molecular complexity index is 612. The minimum atomic E-state index is 0.0367. The summed E-state index contributed by atoms with van der Waals surface area (Å²) in [5, 5.41) is 9.78. The van der Waals surface area contributed by atoms with Gasteiger partial charge in [0.05, 0.1) is 12.2 Å². The Labute approximate surface area is 113 Å². The lowest BCUT2D eigenvalue weighted by molar-refractivity contribution is 0.199. The van der Waals surface area contributed by atoms with Crippen molar-refractivity contribution in [2.75, 3.05) is 6.61 Å². The van der Waals surface area contributed by atoms with Crippen molar-refractivity contribution in [2.45, 2.75) is 20.8 Å². The van der Waals surface area contributed by atoms with Gasteiger partial charge in [-0.15, -0.1) is 0 Å². The summed E-state index contributed by atoms with van der Waals surface area (Å²) >= 11 is 0. The van der Waals surface area contributed by atoms with E-state index >= 15 is 0 Å². The third-order valence-electron chi connectivity index (χ3n) is 2.82. The number of rotatable bonds is 3. The Morgan fingerprint density at radius 1 is 1.16 bits per heavy atom. The summed E-state index contributed by atoms with van der Waals surface area (Å²) in [5.41, 5.74) is 6.36. The van der Waals surface area contributed by atoms with Crippen molar-refractivity contribution in [3.05, 3.63) is 42.0 Å². The Balaban J connectivity index is 2.53. The fraction of sp³-hybridized carbons (Fsp3) is 0.312. The minimum absolute atomic E-state index is 0.0367. The Hall–Kier alpha value is -2.03. The fourth-order valence-corrected chi connectivity index (χ4v) is 1.90. The molecule has 0 spiro atoms. The molecule has 0 bridgehead atoms. The van der Waals surface area contributed by atoms with Crippen LogP contribution in [-0.2, 0) is 0 Å². The van der Waals surface area contributed by atoms with Gasteiger partial charge in [-0.3, -0.25) is 5.41 Å². The van der Waals surface area contributed by atoms with Crippen LogP contribution in [0.3, 0.4) is 0 Å². The predicted octanol–water partition coefficient (Wildman–Crippen LogP) is 3.55. The third-order valence-corrected chi connectivity index (χ3v) is 2.82. The van der Waals surface area contributed by atoms with Crippen LogP contribution in [0.4, 0.5) is 0 Å². The largest absolute Gasteiger partial charge is 0.492 e. The summed E-state index contributed by atoms with van der Waals surface area (Å²) in [6, 6.07) is 11.8. The van der Waals surface area contributed by atoms with Crippen molar-refractivity contribution in [3.63, 3.8) is 0 Å². The zero-order chi connectivity index (χ0) is 14.0. The normalized spacial score (nSPS) is 11.5. The fourth-order valence-electron chi connectivity index (χ4n) is 1.90. The first-order valence-corrected chi connectivity index (χ1v) is 6.37. The lowest BCUT2D eigenvalue weighted by atomic mass is 9.98. The quantitative estimate of drug-likeness (QED) is 0.651. The number of hydrogen-bond donors (Lipinski definition) is 2. The summed E-state index contributed by atoms with van der Waals surface area (Å²) in [4.78, 5) is 0. The summed E-state index contributed by atoms with van der Waals surface area (Å²) < 4.78 is 5.96. The van der Waals surface area contributed by atoms with Crippen molar-refractivity contribution in [3.8, 4) is 5.75 Å². The van der Waals surface area contributed by atoms with Gasteiger partial charge in [0.2, 0.25) is 0 Å². The average Bonchev–Trinajstić information content (AvgIpc) is 2.34. The van der Waals surface area contributed by atoms with Gasteiger partial charge in [-0.1, -0.05) is 51.1 Å². The second-order valence-corrected chi connectivity index (χ2v) is 5.93. The number of nitrogens with two attached hydrogens (primary N) is 1. The maximum atomic E-state index is 7.68. The molecule has 0 atom stereocenters. The second-order valence-electron chi connectivity index (χ2n) is 5.93. The molecule has 0 saturated carbocycles. The van der Waals surface area contributed by atoms with E-state index in [2.05, 4.69) is 20.8 Å². The van der Waals surface area contributed by atoms with Crippen molar-refractivity contribution in [1.82, 2.24) is 0 Å². The molecule has 0 unspecified atom stereocenters. The van der Waals surface area contributed by atoms with E-state index in [9.17, 15) is 0 Å². The van der Waals surface area contributed by atoms with Gasteiger partial charge in [-0.2, -0.15) is 0 Å². The van der Waals surface area contributed by atoms with Gasteiger partial charge in [-0.05, 0) is 16.9 Å². The molecule has 0 aliphatic carbocycles. The van der Waals surface area contributed by atoms with E-state index in [-0.39, 0.29) is 11.3 Å². The van der Waals surface area contributed by atoms with Gasteiger partial charge < -0.3 is 10.5 Å². The Kier molecular flexibility index (Phi) is 3.47. The van der Waals surface area contributed by atoms with Crippen LogP contribution >= 0.6 is 0 Å². The lowest BCUT2D eigenvalue weighted by Crippen LogP contribution is -2.19. The highest BCUT2D eigenvalue weighted by atomic mass is 16.5. The number of ether oxygens (including phenoxy) is 1. The van der Waals surface area contributed by atoms with Crippen molar-refractivity contribution >= 4 is 16.6 Å². The van der Waals surface area contributed by atoms with E-state index in [0.717, 1.165) is 10.8 Å². The molecule has 0 fully saturated rings. The molecule has 0 saturated heterocycles. The molecule has 0 aromatic heterocycles. The molecule has 3 N–H and O–H groups in total.